The maximum Gasteiger partial charge on any atom is 0.389 e. The molecular weight excluding hydrogens is 155 g/mol. The van der Waals surface area contributed by atoms with Crippen molar-refractivity contribution in [3.05, 3.63) is 6.42 Å². The summed E-state index contributed by atoms with van der Waals surface area (Å²) in [6.07, 6.45) is -2.75. The Bertz CT molecular complexity index is 117. The Kier molecular flexibility index (Phi) is 2.76. The molecule has 1 heterocycles. The highest BCUT2D eigenvalue weighted by Gasteiger charge is 2.27. The summed E-state index contributed by atoms with van der Waals surface area (Å²) in [5.41, 5.74) is 0. The molecule has 0 unspecified atom stereocenters. The van der Waals surface area contributed by atoms with Crippen molar-refractivity contribution in [1.82, 2.24) is 5.32 Å². The molecule has 1 rings (SSSR count). The third-order valence-corrected chi connectivity index (χ3v) is 1.74. The van der Waals surface area contributed by atoms with Gasteiger partial charge in [0.15, 0.2) is 0 Å². The quantitative estimate of drug-likeness (QED) is 0.673. The lowest BCUT2D eigenvalue weighted by atomic mass is 9.96. The van der Waals surface area contributed by atoms with Gasteiger partial charge < -0.3 is 5.32 Å². The van der Waals surface area contributed by atoms with Crippen LogP contribution in [-0.2, 0) is 0 Å². The Hall–Kier alpha value is -0.250. The fourth-order valence-corrected chi connectivity index (χ4v) is 0.960. The average Bonchev–Trinajstić information content (AvgIpc) is 1.73. The van der Waals surface area contributed by atoms with E-state index in [1.54, 1.807) is 6.42 Å². The standard InChI is InChI=1S/C7H11F3N/c8-7(9,10)3-1-2-6-4-11-5-6/h2,6,11H,1,3-5H2. The Balaban J connectivity index is 1.95. The molecule has 1 aliphatic rings. The average molecular weight is 166 g/mol. The highest BCUT2D eigenvalue weighted by molar-refractivity contribution is 4.86. The van der Waals surface area contributed by atoms with E-state index in [2.05, 4.69) is 5.32 Å². The van der Waals surface area contributed by atoms with Crippen molar-refractivity contribution in [2.75, 3.05) is 13.1 Å². The van der Waals surface area contributed by atoms with Crippen LogP contribution < -0.4 is 5.32 Å². The molecule has 1 radical (unpaired) electrons. The fourth-order valence-electron chi connectivity index (χ4n) is 0.960. The normalized spacial score (nSPS) is 19.9. The van der Waals surface area contributed by atoms with Gasteiger partial charge in [0.25, 0.3) is 0 Å². The van der Waals surface area contributed by atoms with Crippen LogP contribution in [0.15, 0.2) is 0 Å². The van der Waals surface area contributed by atoms with Gasteiger partial charge in [-0.1, -0.05) is 0 Å². The van der Waals surface area contributed by atoms with Gasteiger partial charge in [-0.05, 0) is 31.8 Å². The summed E-state index contributed by atoms with van der Waals surface area (Å²) in [5, 5.41) is 3.00. The first-order valence-corrected chi connectivity index (χ1v) is 3.69. The second-order valence-corrected chi connectivity index (χ2v) is 2.81. The van der Waals surface area contributed by atoms with E-state index in [0.717, 1.165) is 13.1 Å². The molecule has 0 aliphatic carbocycles. The molecule has 0 aromatic rings. The summed E-state index contributed by atoms with van der Waals surface area (Å²) < 4.78 is 34.8. The first-order chi connectivity index (χ1) is 5.08. The SMILES string of the molecule is FC(F)(F)CC[CH]C1CNC1. The minimum Gasteiger partial charge on any atom is -0.316 e. The summed E-state index contributed by atoms with van der Waals surface area (Å²) in [7, 11) is 0. The molecule has 1 saturated heterocycles. The van der Waals surface area contributed by atoms with Gasteiger partial charge in [0, 0.05) is 6.42 Å². The van der Waals surface area contributed by atoms with E-state index in [1.807, 2.05) is 0 Å². The van der Waals surface area contributed by atoms with Gasteiger partial charge in [-0.25, -0.2) is 0 Å². The highest BCUT2D eigenvalue weighted by atomic mass is 19.4. The zero-order valence-electron chi connectivity index (χ0n) is 6.12. The molecular formula is C7H11F3N. The zero-order valence-corrected chi connectivity index (χ0v) is 6.12. The van der Waals surface area contributed by atoms with Gasteiger partial charge in [0.2, 0.25) is 0 Å². The van der Waals surface area contributed by atoms with Gasteiger partial charge >= 0.3 is 6.18 Å². The number of hydrogen-bond donors (Lipinski definition) is 1. The van der Waals surface area contributed by atoms with Crippen molar-refractivity contribution in [2.24, 2.45) is 5.92 Å². The highest BCUT2D eigenvalue weighted by Crippen LogP contribution is 2.23. The van der Waals surface area contributed by atoms with Crippen molar-refractivity contribution < 1.29 is 13.2 Å². The van der Waals surface area contributed by atoms with Crippen molar-refractivity contribution >= 4 is 0 Å². The molecule has 65 valence electrons. The van der Waals surface area contributed by atoms with E-state index < -0.39 is 12.6 Å². The van der Waals surface area contributed by atoms with Crippen LogP contribution in [0.3, 0.4) is 0 Å². The minimum atomic E-state index is -3.99. The molecule has 0 amide bonds. The molecule has 11 heavy (non-hydrogen) atoms. The summed E-state index contributed by atoms with van der Waals surface area (Å²) in [6, 6.07) is 0. The second-order valence-electron chi connectivity index (χ2n) is 2.81. The summed E-state index contributed by atoms with van der Waals surface area (Å²) >= 11 is 0. The van der Waals surface area contributed by atoms with E-state index >= 15 is 0 Å². The van der Waals surface area contributed by atoms with Gasteiger partial charge in [-0.3, -0.25) is 0 Å². The van der Waals surface area contributed by atoms with Crippen LogP contribution in [-0.4, -0.2) is 19.3 Å². The van der Waals surface area contributed by atoms with E-state index in [1.165, 1.54) is 0 Å². The zero-order chi connectivity index (χ0) is 8.32. The summed E-state index contributed by atoms with van der Waals surface area (Å²) in [6.45, 7) is 1.69. The maximum absolute atomic E-state index is 11.6. The summed E-state index contributed by atoms with van der Waals surface area (Å²) in [4.78, 5) is 0. The summed E-state index contributed by atoms with van der Waals surface area (Å²) in [5.74, 6) is 0.373. The minimum absolute atomic E-state index is 0.163. The molecule has 1 nitrogen and oxygen atoms in total. The van der Waals surface area contributed by atoms with Crippen LogP contribution >= 0.6 is 0 Å². The topological polar surface area (TPSA) is 12.0 Å². The predicted molar refractivity (Wildman–Crippen MR) is 35.9 cm³/mol. The maximum atomic E-state index is 11.6. The molecule has 1 aliphatic heterocycles. The first kappa shape index (κ1) is 8.84. The monoisotopic (exact) mass is 166 g/mol. The molecule has 0 atom stereocenters. The Morgan fingerprint density at radius 3 is 2.36 bits per heavy atom. The molecule has 0 bridgehead atoms. The van der Waals surface area contributed by atoms with Crippen LogP contribution in [0.4, 0.5) is 13.2 Å². The van der Waals surface area contributed by atoms with Crippen LogP contribution in [0.5, 0.6) is 0 Å². The van der Waals surface area contributed by atoms with Crippen molar-refractivity contribution in [2.45, 2.75) is 19.0 Å². The lowest BCUT2D eigenvalue weighted by Crippen LogP contribution is -2.42. The second kappa shape index (κ2) is 3.43. The van der Waals surface area contributed by atoms with Crippen LogP contribution in [0.25, 0.3) is 0 Å². The molecule has 0 aromatic heterocycles. The molecule has 0 aromatic carbocycles. The number of rotatable bonds is 3. The van der Waals surface area contributed by atoms with Gasteiger partial charge in [-0.15, -0.1) is 0 Å². The molecule has 4 heteroatoms. The largest absolute Gasteiger partial charge is 0.389 e. The van der Waals surface area contributed by atoms with Crippen LogP contribution in [0.1, 0.15) is 12.8 Å². The van der Waals surface area contributed by atoms with Crippen LogP contribution in [0, 0.1) is 12.3 Å². The Morgan fingerprint density at radius 2 is 2.00 bits per heavy atom. The third-order valence-electron chi connectivity index (χ3n) is 1.74. The van der Waals surface area contributed by atoms with Crippen molar-refractivity contribution in [3.8, 4) is 0 Å². The lowest BCUT2D eigenvalue weighted by Gasteiger charge is -2.26. The first-order valence-electron chi connectivity index (χ1n) is 3.69. The van der Waals surface area contributed by atoms with Crippen LogP contribution in [0.2, 0.25) is 0 Å². The van der Waals surface area contributed by atoms with Crippen molar-refractivity contribution in [1.29, 1.82) is 0 Å². The molecule has 1 N–H and O–H groups in total. The predicted octanol–water partition coefficient (Wildman–Crippen LogP) is 1.75. The number of halogens is 3. The van der Waals surface area contributed by atoms with Crippen molar-refractivity contribution in [3.63, 3.8) is 0 Å². The molecule has 0 spiro atoms. The van der Waals surface area contributed by atoms with E-state index in [-0.39, 0.29) is 6.42 Å². The van der Waals surface area contributed by atoms with E-state index in [0.29, 0.717) is 5.92 Å². The van der Waals surface area contributed by atoms with Gasteiger partial charge in [0.1, 0.15) is 0 Å². The molecule has 1 fully saturated rings. The number of alkyl halides is 3. The van der Waals surface area contributed by atoms with E-state index in [4.69, 9.17) is 0 Å². The van der Waals surface area contributed by atoms with E-state index in [9.17, 15) is 13.2 Å². The Labute approximate surface area is 64.0 Å². The third kappa shape index (κ3) is 3.60. The number of hydrogen-bond acceptors (Lipinski definition) is 1. The Morgan fingerprint density at radius 1 is 1.36 bits per heavy atom. The van der Waals surface area contributed by atoms with Gasteiger partial charge in [0.05, 0.1) is 0 Å². The lowest BCUT2D eigenvalue weighted by molar-refractivity contribution is -0.134. The fraction of sp³-hybridized carbons (Fsp3) is 0.857. The smallest absolute Gasteiger partial charge is 0.316 e. The van der Waals surface area contributed by atoms with Gasteiger partial charge in [-0.2, -0.15) is 13.2 Å². The number of nitrogens with one attached hydrogen (secondary N) is 1. The molecule has 0 saturated carbocycles.